The Kier molecular flexibility index (Phi) is 4.05. The molecule has 0 bridgehead atoms. The van der Waals surface area contributed by atoms with Gasteiger partial charge in [-0.25, -0.2) is 4.39 Å². The van der Waals surface area contributed by atoms with Crippen molar-refractivity contribution in [3.05, 3.63) is 71.0 Å². The molecule has 0 heterocycles. The van der Waals surface area contributed by atoms with Crippen molar-refractivity contribution in [2.24, 2.45) is 0 Å². The minimum absolute atomic E-state index is 0.0484. The summed E-state index contributed by atoms with van der Waals surface area (Å²) in [5, 5.41) is 10.7. The van der Waals surface area contributed by atoms with Gasteiger partial charge in [0.25, 0.3) is 0 Å². The smallest absolute Gasteiger partial charge is 0.380 e. The summed E-state index contributed by atoms with van der Waals surface area (Å²) < 4.78 is 51.6. The first-order valence-electron chi connectivity index (χ1n) is 6.44. The molecule has 1 N–H and O–H groups in total. The summed E-state index contributed by atoms with van der Waals surface area (Å²) in [4.78, 5) is 0. The molecule has 0 aliphatic carbocycles. The van der Waals surface area contributed by atoms with Crippen LogP contribution in [-0.2, 0) is 11.8 Å². The zero-order chi connectivity index (χ0) is 15.7. The lowest BCUT2D eigenvalue weighted by Crippen LogP contribution is -2.27. The maximum atomic E-state index is 13.9. The minimum Gasteiger partial charge on any atom is -0.380 e. The highest BCUT2D eigenvalue weighted by atomic mass is 19.4. The van der Waals surface area contributed by atoms with Gasteiger partial charge in [0.05, 0.1) is 5.56 Å². The van der Waals surface area contributed by atoms with Crippen LogP contribution < -0.4 is 0 Å². The fourth-order valence-corrected chi connectivity index (χ4v) is 2.28. The third-order valence-electron chi connectivity index (χ3n) is 3.52. The van der Waals surface area contributed by atoms with Crippen molar-refractivity contribution in [3.8, 4) is 0 Å². The first-order chi connectivity index (χ1) is 9.79. The van der Waals surface area contributed by atoms with E-state index < -0.39 is 23.2 Å². The molecule has 2 aromatic carbocycles. The predicted molar refractivity (Wildman–Crippen MR) is 71.1 cm³/mol. The molecule has 0 amide bonds. The largest absolute Gasteiger partial charge is 0.416 e. The fraction of sp³-hybridized carbons (Fsp3) is 0.250. The summed E-state index contributed by atoms with van der Waals surface area (Å²) in [7, 11) is 0. The molecule has 1 unspecified atom stereocenters. The Hall–Kier alpha value is -1.88. The zero-order valence-corrected chi connectivity index (χ0v) is 11.3. The highest BCUT2D eigenvalue weighted by Crippen LogP contribution is 2.36. The normalized spacial score (nSPS) is 14.8. The van der Waals surface area contributed by atoms with Gasteiger partial charge in [-0.3, -0.25) is 0 Å². The van der Waals surface area contributed by atoms with Crippen LogP contribution in [-0.4, -0.2) is 5.11 Å². The maximum absolute atomic E-state index is 13.9. The second-order valence-electron chi connectivity index (χ2n) is 4.77. The molecule has 0 aliphatic rings. The first-order valence-corrected chi connectivity index (χ1v) is 6.44. The molecular weight excluding hydrogens is 284 g/mol. The van der Waals surface area contributed by atoms with E-state index in [1.165, 1.54) is 30.3 Å². The van der Waals surface area contributed by atoms with E-state index in [1.54, 1.807) is 13.0 Å². The van der Waals surface area contributed by atoms with Crippen LogP contribution in [0.3, 0.4) is 0 Å². The van der Waals surface area contributed by atoms with E-state index in [1.807, 2.05) is 0 Å². The molecule has 1 atom stereocenters. The fourth-order valence-electron chi connectivity index (χ4n) is 2.28. The number of hydrogen-bond donors (Lipinski definition) is 1. The van der Waals surface area contributed by atoms with Crippen LogP contribution in [0.15, 0.2) is 48.5 Å². The van der Waals surface area contributed by atoms with Gasteiger partial charge in [0.2, 0.25) is 0 Å². The summed E-state index contributed by atoms with van der Waals surface area (Å²) in [6, 6.07) is 9.83. The van der Waals surface area contributed by atoms with Gasteiger partial charge in [-0.1, -0.05) is 37.3 Å². The summed E-state index contributed by atoms with van der Waals surface area (Å²) in [5.41, 5.74) is -2.19. The topological polar surface area (TPSA) is 20.2 Å². The van der Waals surface area contributed by atoms with Crippen molar-refractivity contribution in [2.45, 2.75) is 25.1 Å². The number of alkyl halides is 3. The van der Waals surface area contributed by atoms with E-state index >= 15 is 0 Å². The molecule has 21 heavy (non-hydrogen) atoms. The molecular formula is C16H14F4O. The van der Waals surface area contributed by atoms with E-state index in [-0.39, 0.29) is 17.5 Å². The lowest BCUT2D eigenvalue weighted by molar-refractivity contribution is -0.137. The Bertz CT molecular complexity index is 619. The number of aliphatic hydroxyl groups is 1. The Balaban J connectivity index is 2.49. The molecule has 0 saturated heterocycles. The van der Waals surface area contributed by atoms with E-state index in [0.29, 0.717) is 0 Å². The third kappa shape index (κ3) is 2.93. The number of rotatable bonds is 3. The van der Waals surface area contributed by atoms with E-state index in [2.05, 4.69) is 0 Å². The molecule has 112 valence electrons. The number of halogens is 4. The molecule has 0 fully saturated rings. The van der Waals surface area contributed by atoms with Gasteiger partial charge in [-0.05, 0) is 30.2 Å². The maximum Gasteiger partial charge on any atom is 0.416 e. The van der Waals surface area contributed by atoms with Crippen LogP contribution in [0.5, 0.6) is 0 Å². The summed E-state index contributed by atoms with van der Waals surface area (Å²) in [6.45, 7) is 1.64. The van der Waals surface area contributed by atoms with E-state index in [4.69, 9.17) is 0 Å². The van der Waals surface area contributed by atoms with Crippen molar-refractivity contribution in [1.29, 1.82) is 0 Å². The molecule has 0 aromatic heterocycles. The molecule has 5 heteroatoms. The Labute approximate surface area is 119 Å². The highest BCUT2D eigenvalue weighted by Gasteiger charge is 2.34. The van der Waals surface area contributed by atoms with Crippen molar-refractivity contribution >= 4 is 0 Å². The van der Waals surface area contributed by atoms with Crippen LogP contribution in [0.4, 0.5) is 17.6 Å². The standard InChI is InChI=1S/C16H14F4O/c1-2-15(21,13-5-3-4-6-14(13)17)11-7-9-12(10-8-11)16(18,19)20/h3-10,21H,2H2,1H3. The quantitative estimate of drug-likeness (QED) is 0.828. The molecule has 0 saturated carbocycles. The van der Waals surface area contributed by atoms with Gasteiger partial charge in [0, 0.05) is 5.56 Å². The first kappa shape index (κ1) is 15.5. The van der Waals surface area contributed by atoms with Gasteiger partial charge in [-0.2, -0.15) is 13.2 Å². The molecule has 0 radical (unpaired) electrons. The molecule has 1 nitrogen and oxygen atoms in total. The predicted octanol–water partition coefficient (Wildman–Crippen LogP) is 4.49. The third-order valence-corrected chi connectivity index (χ3v) is 3.52. The average Bonchev–Trinajstić information content (AvgIpc) is 2.46. The second kappa shape index (κ2) is 5.48. The lowest BCUT2D eigenvalue weighted by Gasteiger charge is -2.28. The monoisotopic (exact) mass is 298 g/mol. The molecule has 2 rings (SSSR count). The SMILES string of the molecule is CCC(O)(c1ccc(C(F)(F)F)cc1)c1ccccc1F. The minimum atomic E-state index is -4.44. The van der Waals surface area contributed by atoms with Crippen LogP contribution in [0.25, 0.3) is 0 Å². The lowest BCUT2D eigenvalue weighted by atomic mass is 9.83. The summed E-state index contributed by atoms with van der Waals surface area (Å²) >= 11 is 0. The van der Waals surface area contributed by atoms with Crippen LogP contribution in [0.2, 0.25) is 0 Å². The summed E-state index contributed by atoms with van der Waals surface area (Å²) in [5.74, 6) is -0.596. The molecule has 2 aromatic rings. The van der Waals surface area contributed by atoms with Gasteiger partial charge >= 0.3 is 6.18 Å². The van der Waals surface area contributed by atoms with Gasteiger partial charge in [0.15, 0.2) is 0 Å². The Morgan fingerprint density at radius 1 is 0.905 bits per heavy atom. The van der Waals surface area contributed by atoms with Crippen molar-refractivity contribution in [1.82, 2.24) is 0 Å². The molecule has 0 spiro atoms. The average molecular weight is 298 g/mol. The second-order valence-corrected chi connectivity index (χ2v) is 4.77. The molecule has 0 aliphatic heterocycles. The highest BCUT2D eigenvalue weighted by molar-refractivity contribution is 5.38. The van der Waals surface area contributed by atoms with Crippen LogP contribution in [0.1, 0.15) is 30.0 Å². The van der Waals surface area contributed by atoms with Crippen LogP contribution in [0, 0.1) is 5.82 Å². The Morgan fingerprint density at radius 2 is 1.43 bits per heavy atom. The van der Waals surface area contributed by atoms with Crippen LogP contribution >= 0.6 is 0 Å². The van der Waals surface area contributed by atoms with Gasteiger partial charge in [-0.15, -0.1) is 0 Å². The zero-order valence-electron chi connectivity index (χ0n) is 11.3. The van der Waals surface area contributed by atoms with Gasteiger partial charge in [0.1, 0.15) is 11.4 Å². The number of benzene rings is 2. The van der Waals surface area contributed by atoms with E-state index in [9.17, 15) is 22.7 Å². The van der Waals surface area contributed by atoms with Gasteiger partial charge < -0.3 is 5.11 Å². The van der Waals surface area contributed by atoms with E-state index in [0.717, 1.165) is 12.1 Å². The summed E-state index contributed by atoms with van der Waals surface area (Å²) in [6.07, 6.45) is -4.31. The van der Waals surface area contributed by atoms with Crippen molar-refractivity contribution in [3.63, 3.8) is 0 Å². The Morgan fingerprint density at radius 3 is 1.90 bits per heavy atom. The number of hydrogen-bond acceptors (Lipinski definition) is 1. The van der Waals surface area contributed by atoms with Crippen molar-refractivity contribution < 1.29 is 22.7 Å². The van der Waals surface area contributed by atoms with Crippen molar-refractivity contribution in [2.75, 3.05) is 0 Å².